The van der Waals surface area contributed by atoms with Crippen LogP contribution in [0.5, 0.6) is 11.5 Å². The molecule has 4 nitrogen and oxygen atoms in total. The summed E-state index contributed by atoms with van der Waals surface area (Å²) in [6.07, 6.45) is 1.89. The van der Waals surface area contributed by atoms with E-state index in [9.17, 15) is 4.79 Å². The van der Waals surface area contributed by atoms with Gasteiger partial charge in [-0.05, 0) is 56.6 Å². The number of hydrogen-bond donors (Lipinski definition) is 2. The van der Waals surface area contributed by atoms with Crippen molar-refractivity contribution in [1.29, 1.82) is 0 Å². The number of nitrogens with one attached hydrogen (secondary N) is 2. The molecule has 1 saturated heterocycles. The Hall–Kier alpha value is -1.56. The number of rotatable bonds is 4. The first-order valence-electron chi connectivity index (χ1n) is 8.18. The average molecular weight is 426 g/mol. The molecule has 0 aromatic heterocycles. The van der Waals surface area contributed by atoms with Gasteiger partial charge in [-0.3, -0.25) is 4.79 Å². The summed E-state index contributed by atoms with van der Waals surface area (Å²) in [6.45, 7) is 3.07. The number of carbonyl (C=O) groups excluding carboxylic acids is 1. The molecule has 2 atom stereocenters. The highest BCUT2D eigenvalue weighted by atomic mass is 79.9. The van der Waals surface area contributed by atoms with E-state index in [1.54, 1.807) is 6.07 Å². The third-order valence-electron chi connectivity index (χ3n) is 4.11. The van der Waals surface area contributed by atoms with Crippen LogP contribution in [0, 0.1) is 0 Å². The molecule has 2 unspecified atom stereocenters. The van der Waals surface area contributed by atoms with Crippen molar-refractivity contribution in [3.8, 4) is 11.5 Å². The monoisotopic (exact) mass is 424 g/mol. The normalized spacial score (nSPS) is 19.6. The van der Waals surface area contributed by atoms with Gasteiger partial charge < -0.3 is 15.4 Å². The predicted molar refractivity (Wildman–Crippen MR) is 106 cm³/mol. The molecule has 25 heavy (non-hydrogen) atoms. The lowest BCUT2D eigenvalue weighted by Crippen LogP contribution is -2.46. The summed E-state index contributed by atoms with van der Waals surface area (Å²) in [7, 11) is 0. The molecule has 0 aliphatic carbocycles. The van der Waals surface area contributed by atoms with E-state index in [1.165, 1.54) is 0 Å². The van der Waals surface area contributed by atoms with Gasteiger partial charge in [0.25, 0.3) is 5.91 Å². The molecule has 1 fully saturated rings. The largest absolute Gasteiger partial charge is 0.456 e. The van der Waals surface area contributed by atoms with Gasteiger partial charge in [-0.25, -0.2) is 0 Å². The van der Waals surface area contributed by atoms with Crippen molar-refractivity contribution in [2.24, 2.45) is 0 Å². The Kier molecular flexibility index (Phi) is 7.29. The van der Waals surface area contributed by atoms with Gasteiger partial charge in [-0.2, -0.15) is 0 Å². The first-order chi connectivity index (χ1) is 11.6. The van der Waals surface area contributed by atoms with E-state index in [4.69, 9.17) is 4.74 Å². The van der Waals surface area contributed by atoms with Crippen molar-refractivity contribution in [3.05, 3.63) is 58.6 Å². The SMILES string of the molecule is CC1CC(NC(=O)c2ccccc2Oc2cccc(Br)c2)CCN1.Cl. The van der Waals surface area contributed by atoms with Gasteiger partial charge in [0.05, 0.1) is 5.56 Å². The third kappa shape index (κ3) is 5.46. The smallest absolute Gasteiger partial charge is 0.255 e. The van der Waals surface area contributed by atoms with E-state index in [0.717, 1.165) is 23.9 Å². The molecule has 1 heterocycles. The quantitative estimate of drug-likeness (QED) is 0.756. The maximum absolute atomic E-state index is 12.7. The molecule has 3 rings (SSSR count). The Morgan fingerprint density at radius 1 is 1.24 bits per heavy atom. The summed E-state index contributed by atoms with van der Waals surface area (Å²) in [5.74, 6) is 1.18. The standard InChI is InChI=1S/C19H21BrN2O2.ClH/c1-13-11-15(9-10-21-13)22-19(23)17-7-2-3-8-18(17)24-16-6-4-5-14(20)12-16;/h2-8,12-13,15,21H,9-11H2,1H3,(H,22,23);1H. The van der Waals surface area contributed by atoms with Gasteiger partial charge in [0, 0.05) is 16.6 Å². The molecule has 2 aromatic carbocycles. The van der Waals surface area contributed by atoms with E-state index in [-0.39, 0.29) is 24.4 Å². The molecular formula is C19H22BrClN2O2. The van der Waals surface area contributed by atoms with Crippen molar-refractivity contribution in [2.75, 3.05) is 6.54 Å². The van der Waals surface area contributed by atoms with Crippen LogP contribution in [0.4, 0.5) is 0 Å². The Balaban J connectivity index is 0.00000225. The molecule has 134 valence electrons. The molecule has 0 saturated carbocycles. The fraction of sp³-hybridized carbons (Fsp3) is 0.316. The van der Waals surface area contributed by atoms with Crippen LogP contribution < -0.4 is 15.4 Å². The van der Waals surface area contributed by atoms with E-state index in [1.807, 2.05) is 42.5 Å². The highest BCUT2D eigenvalue weighted by molar-refractivity contribution is 9.10. The Morgan fingerprint density at radius 3 is 2.80 bits per heavy atom. The maximum atomic E-state index is 12.7. The Morgan fingerprint density at radius 2 is 2.04 bits per heavy atom. The highest BCUT2D eigenvalue weighted by Gasteiger charge is 2.22. The number of para-hydroxylation sites is 1. The minimum atomic E-state index is -0.0836. The first-order valence-corrected chi connectivity index (χ1v) is 8.98. The highest BCUT2D eigenvalue weighted by Crippen LogP contribution is 2.27. The zero-order valence-corrected chi connectivity index (χ0v) is 16.4. The van der Waals surface area contributed by atoms with Gasteiger partial charge in [-0.1, -0.05) is 34.1 Å². The van der Waals surface area contributed by atoms with Crippen LogP contribution in [0.1, 0.15) is 30.1 Å². The zero-order valence-electron chi connectivity index (χ0n) is 14.0. The molecule has 1 aliphatic rings. The number of piperidine rings is 1. The summed E-state index contributed by atoms with van der Waals surface area (Å²) in [5.41, 5.74) is 0.559. The summed E-state index contributed by atoms with van der Waals surface area (Å²) < 4.78 is 6.85. The van der Waals surface area contributed by atoms with Crippen molar-refractivity contribution >= 4 is 34.2 Å². The van der Waals surface area contributed by atoms with E-state index in [2.05, 4.69) is 33.5 Å². The van der Waals surface area contributed by atoms with Crippen LogP contribution in [0.2, 0.25) is 0 Å². The zero-order chi connectivity index (χ0) is 16.9. The fourth-order valence-corrected chi connectivity index (χ4v) is 3.31. The third-order valence-corrected chi connectivity index (χ3v) is 4.61. The van der Waals surface area contributed by atoms with Crippen molar-refractivity contribution in [1.82, 2.24) is 10.6 Å². The van der Waals surface area contributed by atoms with Crippen LogP contribution >= 0.6 is 28.3 Å². The van der Waals surface area contributed by atoms with E-state index in [0.29, 0.717) is 23.1 Å². The summed E-state index contributed by atoms with van der Waals surface area (Å²) in [4.78, 5) is 12.7. The van der Waals surface area contributed by atoms with Crippen molar-refractivity contribution in [2.45, 2.75) is 31.8 Å². The topological polar surface area (TPSA) is 50.4 Å². The number of halogens is 2. The van der Waals surface area contributed by atoms with Crippen LogP contribution in [0.25, 0.3) is 0 Å². The number of carbonyl (C=O) groups is 1. The molecule has 1 amide bonds. The minimum absolute atomic E-state index is 0. The van der Waals surface area contributed by atoms with Crippen LogP contribution in [-0.4, -0.2) is 24.5 Å². The number of amides is 1. The second kappa shape index (κ2) is 9.22. The second-order valence-electron chi connectivity index (χ2n) is 6.11. The van der Waals surface area contributed by atoms with E-state index >= 15 is 0 Å². The van der Waals surface area contributed by atoms with Gasteiger partial charge in [0.2, 0.25) is 0 Å². The minimum Gasteiger partial charge on any atom is -0.456 e. The summed E-state index contributed by atoms with van der Waals surface area (Å²) >= 11 is 3.43. The molecule has 1 aliphatic heterocycles. The molecule has 0 spiro atoms. The lowest BCUT2D eigenvalue weighted by molar-refractivity contribution is 0.0923. The van der Waals surface area contributed by atoms with Gasteiger partial charge >= 0.3 is 0 Å². The van der Waals surface area contributed by atoms with Gasteiger partial charge in [-0.15, -0.1) is 12.4 Å². The van der Waals surface area contributed by atoms with Gasteiger partial charge in [0.1, 0.15) is 11.5 Å². The Bertz CT molecular complexity index is 726. The number of ether oxygens (including phenoxy) is 1. The molecule has 0 bridgehead atoms. The predicted octanol–water partition coefficient (Wildman–Crippen LogP) is 4.53. The van der Waals surface area contributed by atoms with Crippen LogP contribution in [0.3, 0.4) is 0 Å². The number of benzene rings is 2. The first kappa shape index (κ1) is 19.8. The molecular weight excluding hydrogens is 404 g/mol. The molecule has 6 heteroatoms. The summed E-state index contributed by atoms with van der Waals surface area (Å²) in [5, 5.41) is 6.53. The lowest BCUT2D eigenvalue weighted by atomic mass is 10.00. The lowest BCUT2D eigenvalue weighted by Gasteiger charge is -2.28. The maximum Gasteiger partial charge on any atom is 0.255 e. The van der Waals surface area contributed by atoms with Crippen LogP contribution in [-0.2, 0) is 0 Å². The molecule has 0 radical (unpaired) electrons. The second-order valence-corrected chi connectivity index (χ2v) is 7.02. The van der Waals surface area contributed by atoms with Crippen molar-refractivity contribution in [3.63, 3.8) is 0 Å². The van der Waals surface area contributed by atoms with E-state index < -0.39 is 0 Å². The molecule has 2 aromatic rings. The summed E-state index contributed by atoms with van der Waals surface area (Å²) in [6, 6.07) is 15.6. The Labute approximate surface area is 162 Å². The number of hydrogen-bond acceptors (Lipinski definition) is 3. The van der Waals surface area contributed by atoms with Crippen molar-refractivity contribution < 1.29 is 9.53 Å². The fourth-order valence-electron chi connectivity index (χ4n) is 2.93. The average Bonchev–Trinajstić information content (AvgIpc) is 2.55. The van der Waals surface area contributed by atoms with Crippen LogP contribution in [0.15, 0.2) is 53.0 Å². The van der Waals surface area contributed by atoms with Gasteiger partial charge in [0.15, 0.2) is 0 Å². The molecule has 2 N–H and O–H groups in total.